The van der Waals surface area contributed by atoms with Crippen molar-refractivity contribution < 1.29 is 4.79 Å². The predicted molar refractivity (Wildman–Crippen MR) is 50.3 cm³/mol. The molecule has 6 heteroatoms. The summed E-state index contributed by atoms with van der Waals surface area (Å²) in [7, 11) is 0. The van der Waals surface area contributed by atoms with Crippen LogP contribution in [0.5, 0.6) is 0 Å². The van der Waals surface area contributed by atoms with Gasteiger partial charge in [0.25, 0.3) is 0 Å². The van der Waals surface area contributed by atoms with Crippen LogP contribution < -0.4 is 0 Å². The van der Waals surface area contributed by atoms with Crippen LogP contribution in [0.25, 0.3) is 0 Å². The van der Waals surface area contributed by atoms with E-state index in [1.165, 1.54) is 11.8 Å². The van der Waals surface area contributed by atoms with Gasteiger partial charge in [-0.2, -0.15) is 0 Å². The average molecular weight is 200 g/mol. The molecule has 1 heterocycles. The fourth-order valence-electron chi connectivity index (χ4n) is 0.823. The molecule has 1 rings (SSSR count). The van der Waals surface area contributed by atoms with Gasteiger partial charge >= 0.3 is 0 Å². The van der Waals surface area contributed by atoms with Gasteiger partial charge in [0.1, 0.15) is 5.82 Å². The number of aryl methyl sites for hydroxylation is 1. The number of rotatable bonds is 5. The highest BCUT2D eigenvalue weighted by atomic mass is 32.2. The summed E-state index contributed by atoms with van der Waals surface area (Å²) < 4.78 is 0. The van der Waals surface area contributed by atoms with Crippen LogP contribution in [0.15, 0.2) is 0 Å². The SMILES string of the molecule is CCCC(=O)SCCc1nnn[nH]1. The Kier molecular flexibility index (Phi) is 4.45. The Morgan fingerprint density at radius 1 is 1.62 bits per heavy atom. The van der Waals surface area contributed by atoms with E-state index >= 15 is 0 Å². The zero-order valence-electron chi connectivity index (χ0n) is 7.49. The maximum Gasteiger partial charge on any atom is 0.188 e. The fourth-order valence-corrected chi connectivity index (χ4v) is 1.69. The molecule has 0 bridgehead atoms. The Morgan fingerprint density at radius 3 is 3.08 bits per heavy atom. The van der Waals surface area contributed by atoms with Gasteiger partial charge in [-0.1, -0.05) is 18.7 Å². The Hall–Kier alpha value is -0.910. The van der Waals surface area contributed by atoms with E-state index < -0.39 is 0 Å². The minimum absolute atomic E-state index is 0.245. The topological polar surface area (TPSA) is 71.5 Å². The lowest BCUT2D eigenvalue weighted by Crippen LogP contribution is -1.96. The lowest BCUT2D eigenvalue weighted by atomic mass is 10.4. The summed E-state index contributed by atoms with van der Waals surface area (Å²) in [6, 6.07) is 0. The van der Waals surface area contributed by atoms with Gasteiger partial charge in [0.15, 0.2) is 5.12 Å². The van der Waals surface area contributed by atoms with Crippen LogP contribution in [-0.2, 0) is 11.2 Å². The molecule has 1 aromatic heterocycles. The first-order chi connectivity index (χ1) is 6.33. The molecule has 1 N–H and O–H groups in total. The van der Waals surface area contributed by atoms with Crippen LogP contribution >= 0.6 is 11.8 Å². The third kappa shape index (κ3) is 4.02. The second-order valence-electron chi connectivity index (χ2n) is 2.57. The first-order valence-electron chi connectivity index (χ1n) is 4.21. The summed E-state index contributed by atoms with van der Waals surface area (Å²) in [6.45, 7) is 2.00. The summed E-state index contributed by atoms with van der Waals surface area (Å²) >= 11 is 1.34. The van der Waals surface area contributed by atoms with Crippen LogP contribution in [0.4, 0.5) is 0 Å². The van der Waals surface area contributed by atoms with Crippen molar-refractivity contribution in [1.29, 1.82) is 0 Å². The van der Waals surface area contributed by atoms with Crippen LogP contribution in [-0.4, -0.2) is 31.5 Å². The van der Waals surface area contributed by atoms with Crippen LogP contribution in [0.1, 0.15) is 25.6 Å². The van der Waals surface area contributed by atoms with E-state index in [-0.39, 0.29) is 5.12 Å². The van der Waals surface area contributed by atoms with Gasteiger partial charge < -0.3 is 0 Å². The largest absolute Gasteiger partial charge is 0.287 e. The highest BCUT2D eigenvalue weighted by molar-refractivity contribution is 8.13. The molecule has 1 aromatic rings. The van der Waals surface area contributed by atoms with E-state index in [4.69, 9.17) is 0 Å². The molecule has 0 amide bonds. The zero-order chi connectivity index (χ0) is 9.52. The van der Waals surface area contributed by atoms with Crippen molar-refractivity contribution >= 4 is 16.9 Å². The van der Waals surface area contributed by atoms with Gasteiger partial charge in [-0.3, -0.25) is 4.79 Å². The van der Waals surface area contributed by atoms with Gasteiger partial charge in [0.2, 0.25) is 0 Å². The summed E-state index contributed by atoms with van der Waals surface area (Å²) in [5.41, 5.74) is 0. The molecule has 0 aliphatic rings. The molecule has 0 fully saturated rings. The predicted octanol–water partition coefficient (Wildman–Crippen LogP) is 0.802. The van der Waals surface area contributed by atoms with Gasteiger partial charge in [-0.25, -0.2) is 5.10 Å². The van der Waals surface area contributed by atoms with Crippen molar-refractivity contribution in [3.8, 4) is 0 Å². The molecule has 0 atom stereocenters. The molecule has 5 nitrogen and oxygen atoms in total. The van der Waals surface area contributed by atoms with Crippen LogP contribution in [0, 0.1) is 0 Å². The average Bonchev–Trinajstić information content (AvgIpc) is 2.57. The maximum atomic E-state index is 11.1. The van der Waals surface area contributed by atoms with Crippen molar-refractivity contribution in [1.82, 2.24) is 20.6 Å². The molecule has 72 valence electrons. The normalized spacial score (nSPS) is 10.2. The molecular formula is C7H12N4OS. The number of hydrogen-bond acceptors (Lipinski definition) is 5. The Morgan fingerprint density at radius 2 is 2.46 bits per heavy atom. The van der Waals surface area contributed by atoms with Crippen molar-refractivity contribution in [2.75, 3.05) is 5.75 Å². The highest BCUT2D eigenvalue weighted by Gasteiger charge is 2.02. The molecule has 0 saturated carbocycles. The molecule has 0 aromatic carbocycles. The number of aromatic amines is 1. The number of thioether (sulfide) groups is 1. The lowest BCUT2D eigenvalue weighted by molar-refractivity contribution is -0.111. The first kappa shape index (κ1) is 10.2. The summed E-state index contributed by atoms with van der Waals surface area (Å²) in [5.74, 6) is 1.48. The van der Waals surface area contributed by atoms with Gasteiger partial charge in [0.05, 0.1) is 0 Å². The third-order valence-corrected chi connectivity index (χ3v) is 2.38. The van der Waals surface area contributed by atoms with Gasteiger partial charge in [-0.05, 0) is 16.8 Å². The van der Waals surface area contributed by atoms with Crippen LogP contribution in [0.3, 0.4) is 0 Å². The Labute approximate surface area is 80.7 Å². The van der Waals surface area contributed by atoms with Crippen molar-refractivity contribution in [2.45, 2.75) is 26.2 Å². The quantitative estimate of drug-likeness (QED) is 0.761. The number of nitrogens with zero attached hydrogens (tertiary/aromatic N) is 3. The molecule has 13 heavy (non-hydrogen) atoms. The van der Waals surface area contributed by atoms with Crippen molar-refractivity contribution in [3.05, 3.63) is 5.82 Å². The van der Waals surface area contributed by atoms with E-state index in [0.29, 0.717) is 12.8 Å². The van der Waals surface area contributed by atoms with Crippen LogP contribution in [0.2, 0.25) is 0 Å². The van der Waals surface area contributed by atoms with Gasteiger partial charge in [0, 0.05) is 18.6 Å². The summed E-state index contributed by atoms with van der Waals surface area (Å²) in [6.07, 6.45) is 2.28. The first-order valence-corrected chi connectivity index (χ1v) is 5.19. The number of tetrazole rings is 1. The number of aromatic nitrogens is 4. The second kappa shape index (κ2) is 5.69. The third-order valence-electron chi connectivity index (χ3n) is 1.45. The highest BCUT2D eigenvalue weighted by Crippen LogP contribution is 2.08. The Balaban J connectivity index is 2.11. The lowest BCUT2D eigenvalue weighted by Gasteiger charge is -1.95. The van der Waals surface area contributed by atoms with E-state index in [1.54, 1.807) is 0 Å². The van der Waals surface area contributed by atoms with Gasteiger partial charge in [-0.15, -0.1) is 5.10 Å². The second-order valence-corrected chi connectivity index (χ2v) is 3.72. The number of nitrogens with one attached hydrogen (secondary N) is 1. The maximum absolute atomic E-state index is 11.1. The monoisotopic (exact) mass is 200 g/mol. The number of H-pyrrole nitrogens is 1. The zero-order valence-corrected chi connectivity index (χ0v) is 8.30. The molecule has 0 saturated heterocycles. The standard InChI is InChI=1S/C7H12N4OS/c1-2-3-7(12)13-5-4-6-8-10-11-9-6/h2-5H2,1H3,(H,8,9,10,11). The molecule has 0 aliphatic carbocycles. The van der Waals surface area contributed by atoms with E-state index in [1.807, 2.05) is 6.92 Å². The number of hydrogen-bond donors (Lipinski definition) is 1. The minimum Gasteiger partial charge on any atom is -0.287 e. The van der Waals surface area contributed by atoms with E-state index in [0.717, 1.165) is 18.0 Å². The minimum atomic E-state index is 0.245. The molecular weight excluding hydrogens is 188 g/mol. The summed E-state index contributed by atoms with van der Waals surface area (Å²) in [5, 5.41) is 13.5. The number of carbonyl (C=O) groups excluding carboxylic acids is 1. The smallest absolute Gasteiger partial charge is 0.188 e. The number of carbonyl (C=O) groups is 1. The molecule has 0 spiro atoms. The van der Waals surface area contributed by atoms with Crippen molar-refractivity contribution in [3.63, 3.8) is 0 Å². The van der Waals surface area contributed by atoms with E-state index in [9.17, 15) is 4.79 Å². The molecule has 0 aliphatic heterocycles. The van der Waals surface area contributed by atoms with Crippen molar-refractivity contribution in [2.24, 2.45) is 0 Å². The fraction of sp³-hybridized carbons (Fsp3) is 0.714. The molecule has 0 radical (unpaired) electrons. The summed E-state index contributed by atoms with van der Waals surface area (Å²) in [4.78, 5) is 11.1. The molecule has 0 unspecified atom stereocenters. The Bertz CT molecular complexity index is 249. The van der Waals surface area contributed by atoms with E-state index in [2.05, 4.69) is 20.6 Å².